The third-order valence-corrected chi connectivity index (χ3v) is 8.04. The lowest BCUT2D eigenvalue weighted by molar-refractivity contribution is -0.144. The average Bonchev–Trinajstić information content (AvgIpc) is 3.26. The highest BCUT2D eigenvalue weighted by Crippen LogP contribution is 2.47. The highest BCUT2D eigenvalue weighted by molar-refractivity contribution is 8.19. The van der Waals surface area contributed by atoms with Crippen molar-refractivity contribution >= 4 is 45.1 Å². The minimum atomic E-state index is -4.78. The average molecular weight is 431 g/mol. The summed E-state index contributed by atoms with van der Waals surface area (Å²) in [6.07, 6.45) is -4.78. The lowest BCUT2D eigenvalue weighted by atomic mass is 10.2. The number of benzene rings is 1. The van der Waals surface area contributed by atoms with Crippen LogP contribution < -0.4 is 11.2 Å². The molecule has 0 spiro atoms. The Bertz CT molecular complexity index is 1140. The topological polar surface area (TPSA) is 56.9 Å². The second kappa shape index (κ2) is 6.71. The summed E-state index contributed by atoms with van der Waals surface area (Å²) in [5.74, 6) is 2.04. The van der Waals surface area contributed by atoms with Crippen LogP contribution in [0.25, 0.3) is 15.8 Å². The number of halogens is 3. The van der Waals surface area contributed by atoms with E-state index in [1.807, 2.05) is 0 Å². The van der Waals surface area contributed by atoms with Crippen LogP contribution in [0.4, 0.5) is 13.2 Å². The van der Waals surface area contributed by atoms with Crippen molar-refractivity contribution in [3.63, 3.8) is 0 Å². The van der Waals surface area contributed by atoms with E-state index in [0.717, 1.165) is 38.9 Å². The van der Waals surface area contributed by atoms with E-state index in [0.29, 0.717) is 10.6 Å². The van der Waals surface area contributed by atoms with Crippen molar-refractivity contribution in [1.29, 1.82) is 0 Å². The minimum absolute atomic E-state index is 0.182. The summed E-state index contributed by atoms with van der Waals surface area (Å²) in [5, 5.41) is 0.818. The van der Waals surface area contributed by atoms with Crippen LogP contribution in [-0.2, 0) is 13.2 Å². The van der Waals surface area contributed by atoms with Crippen LogP contribution in [0, 0.1) is 0 Å². The first-order chi connectivity index (χ1) is 12.8. The van der Waals surface area contributed by atoms with Gasteiger partial charge in [0.15, 0.2) is 0 Å². The molecule has 0 bridgehead atoms. The quantitative estimate of drug-likeness (QED) is 0.620. The van der Waals surface area contributed by atoms with E-state index in [4.69, 9.17) is 0 Å². The minimum Gasteiger partial charge on any atom is -0.292 e. The number of rotatable bonds is 2. The van der Waals surface area contributed by atoms with Crippen LogP contribution >= 0.6 is 35.1 Å². The Morgan fingerprint density at radius 1 is 1.15 bits per heavy atom. The Balaban J connectivity index is 1.90. The summed E-state index contributed by atoms with van der Waals surface area (Å²) in [6.45, 7) is 0. The summed E-state index contributed by atoms with van der Waals surface area (Å²) in [5.41, 5.74) is -2.22. The molecule has 0 aliphatic carbocycles. The van der Waals surface area contributed by atoms with E-state index in [9.17, 15) is 22.8 Å². The molecule has 0 N–H and O–H groups in total. The molecule has 1 saturated heterocycles. The van der Waals surface area contributed by atoms with Crippen molar-refractivity contribution in [2.45, 2.75) is 10.8 Å². The third-order valence-electron chi connectivity index (χ3n) is 4.20. The summed E-state index contributed by atoms with van der Waals surface area (Å²) in [7, 11) is 1.00. The number of hydrogen-bond donors (Lipinski definition) is 0. The van der Waals surface area contributed by atoms with E-state index in [2.05, 4.69) is 4.37 Å². The van der Waals surface area contributed by atoms with Gasteiger partial charge in [0.25, 0.3) is 5.56 Å². The lowest BCUT2D eigenvalue weighted by Gasteiger charge is -2.14. The lowest BCUT2D eigenvalue weighted by Crippen LogP contribution is -2.40. The van der Waals surface area contributed by atoms with Gasteiger partial charge < -0.3 is 0 Å². The number of fused-ring (bicyclic) bond motifs is 1. The van der Waals surface area contributed by atoms with Gasteiger partial charge in [-0.05, 0) is 29.7 Å². The molecule has 1 aliphatic heterocycles. The Labute approximate surface area is 163 Å². The maximum Gasteiger partial charge on any atom is 0.431 e. The van der Waals surface area contributed by atoms with Crippen LogP contribution in [0.3, 0.4) is 0 Å². The molecule has 1 fully saturated rings. The monoisotopic (exact) mass is 431 g/mol. The fourth-order valence-electron chi connectivity index (χ4n) is 2.91. The first-order valence-electron chi connectivity index (χ1n) is 7.80. The largest absolute Gasteiger partial charge is 0.431 e. The predicted molar refractivity (Wildman–Crippen MR) is 103 cm³/mol. The Kier molecular flexibility index (Phi) is 4.63. The molecule has 1 aromatic carbocycles. The molecule has 3 aromatic rings. The van der Waals surface area contributed by atoms with Crippen LogP contribution in [-0.4, -0.2) is 25.0 Å². The highest BCUT2D eigenvalue weighted by atomic mass is 32.2. The molecule has 142 valence electrons. The Morgan fingerprint density at radius 3 is 2.52 bits per heavy atom. The van der Waals surface area contributed by atoms with Gasteiger partial charge in [-0.1, -0.05) is 0 Å². The van der Waals surface area contributed by atoms with Crippen molar-refractivity contribution < 1.29 is 13.2 Å². The molecule has 4 rings (SSSR count). The molecule has 3 heterocycles. The molecule has 0 atom stereocenters. The molecule has 27 heavy (non-hydrogen) atoms. The number of aromatic nitrogens is 3. The Morgan fingerprint density at radius 2 is 1.85 bits per heavy atom. The van der Waals surface area contributed by atoms with E-state index in [-0.39, 0.29) is 10.3 Å². The zero-order chi connectivity index (χ0) is 19.3. The molecule has 0 saturated carbocycles. The van der Waals surface area contributed by atoms with Crippen molar-refractivity contribution in [2.24, 2.45) is 7.05 Å². The van der Waals surface area contributed by atoms with Crippen molar-refractivity contribution in [1.82, 2.24) is 13.5 Å². The zero-order valence-corrected chi connectivity index (χ0v) is 16.3. The van der Waals surface area contributed by atoms with Gasteiger partial charge in [-0.3, -0.25) is 9.36 Å². The van der Waals surface area contributed by atoms with Crippen LogP contribution in [0.1, 0.15) is 16.0 Å². The molecule has 0 amide bonds. The summed E-state index contributed by atoms with van der Waals surface area (Å²) < 4.78 is 45.8. The zero-order valence-electron chi connectivity index (χ0n) is 13.8. The molecular weight excluding hydrogens is 419 g/mol. The van der Waals surface area contributed by atoms with Gasteiger partial charge in [-0.25, -0.2) is 9.36 Å². The predicted octanol–water partition coefficient (Wildman–Crippen LogP) is 3.64. The second-order valence-electron chi connectivity index (χ2n) is 5.86. The fraction of sp³-hybridized carbons (Fsp3) is 0.312. The number of hydrogen-bond acceptors (Lipinski definition) is 6. The first kappa shape index (κ1) is 18.6. The number of alkyl halides is 3. The second-order valence-corrected chi connectivity index (χ2v) is 9.39. The summed E-state index contributed by atoms with van der Waals surface area (Å²) in [4.78, 5) is 24.8. The van der Waals surface area contributed by atoms with E-state index in [1.54, 1.807) is 41.7 Å². The van der Waals surface area contributed by atoms with Gasteiger partial charge in [0.2, 0.25) is 0 Å². The molecular formula is C16H12F3N3O2S3. The van der Waals surface area contributed by atoms with Gasteiger partial charge in [-0.15, -0.1) is 23.5 Å². The van der Waals surface area contributed by atoms with Gasteiger partial charge >= 0.3 is 11.9 Å². The molecule has 5 nitrogen and oxygen atoms in total. The van der Waals surface area contributed by atoms with Crippen LogP contribution in [0.5, 0.6) is 0 Å². The standard InChI is InChI=1S/C16H12F3N3O2S3/c1-21-11(16(17,18)19)7-12(23)22(15(21)24)8-2-3-10-9(6-8)13(20-27-10)14-25-4-5-26-14/h2-3,6-7,14H,4-5H2,1H3. The van der Waals surface area contributed by atoms with Crippen molar-refractivity contribution in [2.75, 3.05) is 11.5 Å². The van der Waals surface area contributed by atoms with E-state index in [1.165, 1.54) is 11.5 Å². The van der Waals surface area contributed by atoms with Crippen LogP contribution in [0.2, 0.25) is 0 Å². The smallest absolute Gasteiger partial charge is 0.292 e. The normalized spacial score (nSPS) is 15.7. The van der Waals surface area contributed by atoms with Gasteiger partial charge in [-0.2, -0.15) is 17.5 Å². The Hall–Kier alpha value is -1.72. The molecule has 0 unspecified atom stereocenters. The van der Waals surface area contributed by atoms with Crippen LogP contribution in [0.15, 0.2) is 33.9 Å². The van der Waals surface area contributed by atoms with Crippen molar-refractivity contribution in [3.8, 4) is 5.69 Å². The number of nitrogens with zero attached hydrogens (tertiary/aromatic N) is 3. The molecule has 2 aromatic heterocycles. The van der Waals surface area contributed by atoms with Crippen molar-refractivity contribution in [3.05, 3.63) is 56.5 Å². The maximum absolute atomic E-state index is 13.0. The highest BCUT2D eigenvalue weighted by Gasteiger charge is 2.35. The van der Waals surface area contributed by atoms with E-state index < -0.39 is 23.1 Å². The third kappa shape index (κ3) is 3.21. The molecule has 1 aliphatic rings. The molecule has 0 radical (unpaired) electrons. The van der Waals surface area contributed by atoms with Gasteiger partial charge in [0, 0.05) is 30.0 Å². The molecule has 11 heteroatoms. The maximum atomic E-state index is 13.0. The number of thioether (sulfide) groups is 2. The van der Waals surface area contributed by atoms with Gasteiger partial charge in [0.1, 0.15) is 5.69 Å². The summed E-state index contributed by atoms with van der Waals surface area (Å²) in [6, 6.07) is 5.39. The fourth-order valence-corrected chi connectivity index (χ4v) is 6.67. The van der Waals surface area contributed by atoms with Gasteiger partial charge in [0.05, 0.1) is 20.7 Å². The SMILES string of the molecule is Cn1c(C(F)(F)F)cc(=O)n(-c2ccc3snc(C4SCCS4)c3c2)c1=O. The summed E-state index contributed by atoms with van der Waals surface area (Å²) >= 11 is 4.88. The first-order valence-corrected chi connectivity index (χ1v) is 10.7. The van der Waals surface area contributed by atoms with E-state index >= 15 is 0 Å².